The Morgan fingerprint density at radius 3 is 2.56 bits per heavy atom. The maximum Gasteiger partial charge on any atom is 0.338 e. The van der Waals surface area contributed by atoms with Gasteiger partial charge in [-0.05, 0) is 34.5 Å². The summed E-state index contributed by atoms with van der Waals surface area (Å²) in [6.07, 6.45) is 0.829. The Morgan fingerprint density at radius 2 is 2.00 bits per heavy atom. The molecule has 0 radical (unpaired) electrons. The first-order chi connectivity index (χ1) is 12.6. The van der Waals surface area contributed by atoms with Gasteiger partial charge in [0.1, 0.15) is 4.90 Å². The molecule has 0 unspecified atom stereocenters. The van der Waals surface area contributed by atoms with E-state index in [1.165, 1.54) is 16.2 Å². The summed E-state index contributed by atoms with van der Waals surface area (Å²) in [7, 11) is -2.28. The molecule has 1 heterocycles. The van der Waals surface area contributed by atoms with Crippen LogP contribution >= 0.6 is 11.3 Å². The lowest BCUT2D eigenvalue weighted by Crippen LogP contribution is -2.30. The summed E-state index contributed by atoms with van der Waals surface area (Å²) < 4.78 is 28.1. The predicted molar refractivity (Wildman–Crippen MR) is 97.3 cm³/mol. The second-order valence-electron chi connectivity index (χ2n) is 5.67. The second kappa shape index (κ2) is 8.27. The lowest BCUT2D eigenvalue weighted by Gasteiger charge is -2.16. The Morgan fingerprint density at radius 1 is 1.30 bits per heavy atom. The number of amides is 1. The Hall–Kier alpha value is -2.79. The lowest BCUT2D eigenvalue weighted by atomic mass is 10.2. The number of carbonyl (C=O) groups excluding carboxylic acids is 2. The fourth-order valence-corrected chi connectivity index (χ4v) is 3.65. The summed E-state index contributed by atoms with van der Waals surface area (Å²) >= 11 is 1.49. The third-order valence-corrected chi connectivity index (χ3v) is 5.42. The molecule has 9 nitrogen and oxygen atoms in total. The molecule has 27 heavy (non-hydrogen) atoms. The standard InChI is InChI=1S/C16H16N2O7S2/c1-17(8-11-5-6-26-10-11)15(19)9-25-16(20)12-3-4-14(27(2,23)24)13(7-12)18(21)22/h3-7,10H,8-9H2,1-2H3. The summed E-state index contributed by atoms with van der Waals surface area (Å²) in [4.78, 5) is 35.2. The van der Waals surface area contributed by atoms with E-state index in [0.717, 1.165) is 30.0 Å². The molecule has 0 atom stereocenters. The number of nitro groups is 1. The highest BCUT2D eigenvalue weighted by atomic mass is 32.2. The molecule has 0 fully saturated rings. The molecule has 1 aromatic heterocycles. The first-order valence-electron chi connectivity index (χ1n) is 7.50. The third-order valence-electron chi connectivity index (χ3n) is 3.54. The van der Waals surface area contributed by atoms with Gasteiger partial charge >= 0.3 is 5.97 Å². The van der Waals surface area contributed by atoms with Crippen molar-refractivity contribution in [2.75, 3.05) is 19.9 Å². The van der Waals surface area contributed by atoms with Gasteiger partial charge in [-0.3, -0.25) is 14.9 Å². The molecule has 0 saturated heterocycles. The highest BCUT2D eigenvalue weighted by Crippen LogP contribution is 2.25. The fourth-order valence-electron chi connectivity index (χ4n) is 2.17. The van der Waals surface area contributed by atoms with Crippen LogP contribution < -0.4 is 0 Å². The van der Waals surface area contributed by atoms with Crippen molar-refractivity contribution >= 4 is 38.7 Å². The Labute approximate surface area is 159 Å². The molecular formula is C16H16N2O7S2. The van der Waals surface area contributed by atoms with Crippen LogP contribution in [0.5, 0.6) is 0 Å². The van der Waals surface area contributed by atoms with E-state index in [1.54, 1.807) is 7.05 Å². The SMILES string of the molecule is CN(Cc1ccsc1)C(=O)COC(=O)c1ccc(S(C)(=O)=O)c([N+](=O)[O-])c1. The van der Waals surface area contributed by atoms with E-state index in [9.17, 15) is 28.1 Å². The van der Waals surface area contributed by atoms with E-state index >= 15 is 0 Å². The fraction of sp³-hybridized carbons (Fsp3) is 0.250. The van der Waals surface area contributed by atoms with Gasteiger partial charge in [-0.2, -0.15) is 11.3 Å². The van der Waals surface area contributed by atoms with Crippen molar-refractivity contribution in [2.24, 2.45) is 0 Å². The smallest absolute Gasteiger partial charge is 0.338 e. The van der Waals surface area contributed by atoms with Crippen LogP contribution in [-0.4, -0.2) is 50.0 Å². The zero-order valence-corrected chi connectivity index (χ0v) is 16.1. The van der Waals surface area contributed by atoms with E-state index in [4.69, 9.17) is 4.74 Å². The first-order valence-corrected chi connectivity index (χ1v) is 10.3. The molecule has 0 spiro atoms. The van der Waals surface area contributed by atoms with Gasteiger partial charge in [-0.25, -0.2) is 13.2 Å². The highest BCUT2D eigenvalue weighted by molar-refractivity contribution is 7.90. The molecule has 0 N–H and O–H groups in total. The van der Waals surface area contributed by atoms with Gasteiger partial charge in [0, 0.05) is 25.9 Å². The van der Waals surface area contributed by atoms with Gasteiger partial charge in [0.2, 0.25) is 0 Å². The van der Waals surface area contributed by atoms with E-state index in [1.807, 2.05) is 16.8 Å². The summed E-state index contributed by atoms with van der Waals surface area (Å²) in [5.74, 6) is -1.41. The molecule has 0 aliphatic carbocycles. The molecule has 0 aliphatic heterocycles. The van der Waals surface area contributed by atoms with Gasteiger partial charge in [0.05, 0.1) is 10.5 Å². The van der Waals surface area contributed by atoms with Gasteiger partial charge in [0.25, 0.3) is 11.6 Å². The largest absolute Gasteiger partial charge is 0.452 e. The minimum atomic E-state index is -3.84. The lowest BCUT2D eigenvalue weighted by molar-refractivity contribution is -0.387. The Bertz CT molecular complexity index is 969. The van der Waals surface area contributed by atoms with E-state index in [0.29, 0.717) is 6.54 Å². The Kier molecular flexibility index (Phi) is 6.28. The van der Waals surface area contributed by atoms with Crippen molar-refractivity contribution in [3.8, 4) is 0 Å². The quantitative estimate of drug-likeness (QED) is 0.386. The number of hydrogen-bond donors (Lipinski definition) is 0. The minimum absolute atomic E-state index is 0.220. The zero-order valence-electron chi connectivity index (χ0n) is 14.4. The number of likely N-dealkylation sites (N-methyl/N-ethyl adjacent to an activating group) is 1. The molecule has 1 amide bonds. The normalized spacial score (nSPS) is 11.0. The van der Waals surface area contributed by atoms with Crippen LogP contribution in [0.4, 0.5) is 5.69 Å². The molecule has 0 saturated carbocycles. The van der Waals surface area contributed by atoms with Crippen molar-refractivity contribution in [1.82, 2.24) is 4.90 Å². The molecule has 2 aromatic rings. The van der Waals surface area contributed by atoms with Gasteiger partial charge < -0.3 is 9.64 Å². The second-order valence-corrected chi connectivity index (χ2v) is 8.43. The van der Waals surface area contributed by atoms with Gasteiger partial charge in [0.15, 0.2) is 16.4 Å². The van der Waals surface area contributed by atoms with Crippen LogP contribution in [0.3, 0.4) is 0 Å². The maximum atomic E-state index is 12.1. The molecule has 0 aliphatic rings. The predicted octanol–water partition coefficient (Wildman–Crippen LogP) is 1.88. The van der Waals surface area contributed by atoms with Crippen molar-refractivity contribution in [2.45, 2.75) is 11.4 Å². The summed E-state index contributed by atoms with van der Waals surface area (Å²) in [5.41, 5.74) is -0.00981. The molecule has 1 aromatic carbocycles. The number of nitro benzene ring substituents is 1. The van der Waals surface area contributed by atoms with E-state index in [2.05, 4.69) is 0 Å². The molecule has 2 rings (SSSR count). The number of sulfone groups is 1. The van der Waals surface area contributed by atoms with Crippen molar-refractivity contribution in [3.05, 3.63) is 56.3 Å². The number of carbonyl (C=O) groups is 2. The summed E-state index contributed by atoms with van der Waals surface area (Å²) in [6.45, 7) is -0.185. The number of esters is 1. The number of thiophene rings is 1. The van der Waals surface area contributed by atoms with Crippen LogP contribution in [0.1, 0.15) is 15.9 Å². The first kappa shape index (κ1) is 20.5. The van der Waals surface area contributed by atoms with Gasteiger partial charge in [-0.1, -0.05) is 0 Å². The van der Waals surface area contributed by atoms with E-state index < -0.39 is 43.8 Å². The monoisotopic (exact) mass is 412 g/mol. The third kappa shape index (κ3) is 5.34. The average molecular weight is 412 g/mol. The number of benzene rings is 1. The highest BCUT2D eigenvalue weighted by Gasteiger charge is 2.25. The van der Waals surface area contributed by atoms with Crippen LogP contribution in [0.15, 0.2) is 39.9 Å². The molecular weight excluding hydrogens is 396 g/mol. The maximum absolute atomic E-state index is 12.1. The van der Waals surface area contributed by atoms with Crippen molar-refractivity contribution in [3.63, 3.8) is 0 Å². The van der Waals surface area contributed by atoms with Crippen LogP contribution in [0, 0.1) is 10.1 Å². The van der Waals surface area contributed by atoms with Crippen molar-refractivity contribution in [1.29, 1.82) is 0 Å². The van der Waals surface area contributed by atoms with Crippen LogP contribution in [0.25, 0.3) is 0 Å². The summed E-state index contributed by atoms with van der Waals surface area (Å²) in [5, 5.41) is 14.8. The molecule has 11 heteroatoms. The Balaban J connectivity index is 2.06. The minimum Gasteiger partial charge on any atom is -0.452 e. The van der Waals surface area contributed by atoms with Crippen molar-refractivity contribution < 1.29 is 27.7 Å². The average Bonchev–Trinajstić information content (AvgIpc) is 3.10. The zero-order chi connectivity index (χ0) is 20.2. The number of ether oxygens (including phenoxy) is 1. The number of nitrogens with zero attached hydrogens (tertiary/aromatic N) is 2. The summed E-state index contributed by atoms with van der Waals surface area (Å²) in [6, 6.07) is 4.75. The van der Waals surface area contributed by atoms with Crippen LogP contribution in [0.2, 0.25) is 0 Å². The number of rotatable bonds is 7. The van der Waals surface area contributed by atoms with Gasteiger partial charge in [-0.15, -0.1) is 0 Å². The van der Waals surface area contributed by atoms with E-state index in [-0.39, 0.29) is 5.56 Å². The number of hydrogen-bond acceptors (Lipinski definition) is 8. The topological polar surface area (TPSA) is 124 Å². The molecule has 0 bridgehead atoms. The molecule has 144 valence electrons. The van der Waals surface area contributed by atoms with Crippen LogP contribution in [-0.2, 0) is 25.9 Å².